The summed E-state index contributed by atoms with van der Waals surface area (Å²) in [5.41, 5.74) is 6.44. The van der Waals surface area contributed by atoms with Crippen molar-refractivity contribution in [2.24, 2.45) is 0 Å². The molecular formula is C24H22N4O5S. The minimum absolute atomic E-state index is 0.00762. The monoisotopic (exact) mass is 478 g/mol. The number of nitrogens with one attached hydrogen (secondary N) is 1. The van der Waals surface area contributed by atoms with Gasteiger partial charge in [0.15, 0.2) is 6.61 Å². The molecule has 0 aliphatic carbocycles. The van der Waals surface area contributed by atoms with Gasteiger partial charge in [-0.3, -0.25) is 9.52 Å². The van der Waals surface area contributed by atoms with Gasteiger partial charge < -0.3 is 15.4 Å². The summed E-state index contributed by atoms with van der Waals surface area (Å²) in [6.07, 6.45) is 0.100. The number of carbonyl (C=O) groups is 2. The van der Waals surface area contributed by atoms with E-state index in [1.54, 1.807) is 48.5 Å². The molecule has 3 aromatic carbocycles. The quantitative estimate of drug-likeness (QED) is 0.355. The van der Waals surface area contributed by atoms with Crippen molar-refractivity contribution in [2.45, 2.75) is 11.3 Å². The standard InChI is InChI=1S/C24H22N4O5S/c25-14-7-15-28(19-9-2-1-3-10-19)23(29)17-33-24(30)21-12-4-5-13-22(21)27-34(31,32)20-11-6-8-18(26)16-20/h1-6,8-13,16,27H,7,15,17,26H2. The Hall–Kier alpha value is -4.36. The van der Waals surface area contributed by atoms with Crippen molar-refractivity contribution in [3.63, 3.8) is 0 Å². The van der Waals surface area contributed by atoms with Gasteiger partial charge >= 0.3 is 5.97 Å². The van der Waals surface area contributed by atoms with Gasteiger partial charge in [-0.2, -0.15) is 5.26 Å². The summed E-state index contributed by atoms with van der Waals surface area (Å²) < 4.78 is 33.0. The van der Waals surface area contributed by atoms with Crippen LogP contribution in [0.1, 0.15) is 16.8 Å². The van der Waals surface area contributed by atoms with E-state index < -0.39 is 28.5 Å². The van der Waals surface area contributed by atoms with Crippen molar-refractivity contribution < 1.29 is 22.7 Å². The third kappa shape index (κ3) is 6.11. The topological polar surface area (TPSA) is 143 Å². The predicted molar refractivity (Wildman–Crippen MR) is 127 cm³/mol. The second kappa shape index (κ2) is 11.0. The molecule has 10 heteroatoms. The minimum atomic E-state index is -4.03. The number of anilines is 3. The number of sulfonamides is 1. The van der Waals surface area contributed by atoms with E-state index in [4.69, 9.17) is 15.7 Å². The number of esters is 1. The first kappa shape index (κ1) is 24.3. The Morgan fingerprint density at radius 3 is 2.41 bits per heavy atom. The van der Waals surface area contributed by atoms with Crippen LogP contribution in [0.4, 0.5) is 17.1 Å². The number of para-hydroxylation sites is 2. The van der Waals surface area contributed by atoms with Gasteiger partial charge in [0, 0.05) is 17.9 Å². The van der Waals surface area contributed by atoms with E-state index in [0.29, 0.717) is 5.69 Å². The normalized spacial score (nSPS) is 10.7. The maximum Gasteiger partial charge on any atom is 0.340 e. The maximum atomic E-state index is 12.7. The summed E-state index contributed by atoms with van der Waals surface area (Å²) in [4.78, 5) is 26.7. The van der Waals surface area contributed by atoms with Crippen LogP contribution in [0, 0.1) is 11.3 Å². The fraction of sp³-hybridized carbons (Fsp3) is 0.125. The number of hydrogen-bond acceptors (Lipinski definition) is 7. The van der Waals surface area contributed by atoms with Crippen LogP contribution < -0.4 is 15.4 Å². The molecule has 174 valence electrons. The molecule has 3 N–H and O–H groups in total. The molecule has 0 aliphatic rings. The van der Waals surface area contributed by atoms with Gasteiger partial charge in [-0.25, -0.2) is 13.2 Å². The average Bonchev–Trinajstić information content (AvgIpc) is 2.83. The lowest BCUT2D eigenvalue weighted by molar-refractivity contribution is -0.121. The number of amides is 1. The second-order valence-electron chi connectivity index (χ2n) is 7.09. The fourth-order valence-corrected chi connectivity index (χ4v) is 4.22. The van der Waals surface area contributed by atoms with E-state index in [9.17, 15) is 18.0 Å². The Morgan fingerprint density at radius 2 is 1.71 bits per heavy atom. The molecule has 3 rings (SSSR count). The first-order valence-corrected chi connectivity index (χ1v) is 11.7. The average molecular weight is 479 g/mol. The van der Waals surface area contributed by atoms with Gasteiger partial charge in [0.05, 0.1) is 28.6 Å². The van der Waals surface area contributed by atoms with Gasteiger partial charge in [-0.1, -0.05) is 36.4 Å². The largest absolute Gasteiger partial charge is 0.452 e. The lowest BCUT2D eigenvalue weighted by Gasteiger charge is -2.21. The maximum absolute atomic E-state index is 12.7. The number of hydrogen-bond donors (Lipinski definition) is 2. The summed E-state index contributed by atoms with van der Waals surface area (Å²) in [5, 5.41) is 8.90. The summed E-state index contributed by atoms with van der Waals surface area (Å²) >= 11 is 0. The van der Waals surface area contributed by atoms with Crippen LogP contribution in [0.2, 0.25) is 0 Å². The molecule has 0 atom stereocenters. The van der Waals surface area contributed by atoms with Crippen molar-refractivity contribution >= 4 is 39.0 Å². The van der Waals surface area contributed by atoms with E-state index in [1.165, 1.54) is 35.2 Å². The first-order chi connectivity index (χ1) is 16.3. The van der Waals surface area contributed by atoms with Crippen LogP contribution in [0.15, 0.2) is 83.8 Å². The van der Waals surface area contributed by atoms with Gasteiger partial charge in [0.1, 0.15) is 0 Å². The summed E-state index contributed by atoms with van der Waals surface area (Å²) in [6.45, 7) is -0.455. The molecule has 0 heterocycles. The van der Waals surface area contributed by atoms with Gasteiger partial charge in [-0.15, -0.1) is 0 Å². The molecule has 0 bridgehead atoms. The van der Waals surface area contributed by atoms with Crippen molar-refractivity contribution in [1.29, 1.82) is 5.26 Å². The predicted octanol–water partition coefficient (Wildman–Crippen LogP) is 3.17. The molecule has 0 radical (unpaired) electrons. The van der Waals surface area contributed by atoms with Crippen LogP contribution in [0.25, 0.3) is 0 Å². The number of carbonyl (C=O) groups excluding carboxylic acids is 2. The highest BCUT2D eigenvalue weighted by atomic mass is 32.2. The minimum Gasteiger partial charge on any atom is -0.452 e. The molecule has 0 fully saturated rings. The molecule has 34 heavy (non-hydrogen) atoms. The highest BCUT2D eigenvalue weighted by Gasteiger charge is 2.22. The Balaban J connectivity index is 1.74. The van der Waals surface area contributed by atoms with E-state index in [-0.39, 0.29) is 34.8 Å². The fourth-order valence-electron chi connectivity index (χ4n) is 3.09. The zero-order valence-corrected chi connectivity index (χ0v) is 18.9. The summed E-state index contributed by atoms with van der Waals surface area (Å²) in [6, 6.07) is 22.3. The molecule has 0 saturated carbocycles. The number of nitriles is 1. The first-order valence-electron chi connectivity index (χ1n) is 10.2. The van der Waals surface area contributed by atoms with Crippen molar-refractivity contribution in [2.75, 3.05) is 28.5 Å². The smallest absolute Gasteiger partial charge is 0.340 e. The SMILES string of the molecule is N#CCCN(C(=O)COC(=O)c1ccccc1NS(=O)(=O)c1cccc(N)c1)c1ccccc1. The van der Waals surface area contributed by atoms with Crippen LogP contribution in [0.5, 0.6) is 0 Å². The van der Waals surface area contributed by atoms with Crippen molar-refractivity contribution in [1.82, 2.24) is 0 Å². The van der Waals surface area contributed by atoms with Gasteiger partial charge in [-0.05, 0) is 42.5 Å². The van der Waals surface area contributed by atoms with Crippen LogP contribution >= 0.6 is 0 Å². The molecule has 0 spiro atoms. The molecule has 1 amide bonds. The van der Waals surface area contributed by atoms with Crippen LogP contribution in [-0.2, 0) is 19.6 Å². The summed E-state index contributed by atoms with van der Waals surface area (Å²) in [5.74, 6) is -1.40. The third-order valence-electron chi connectivity index (χ3n) is 4.70. The molecule has 0 unspecified atom stereocenters. The van der Waals surface area contributed by atoms with Crippen molar-refractivity contribution in [3.05, 3.63) is 84.4 Å². The number of rotatable bonds is 9. The number of nitrogens with two attached hydrogens (primary N) is 1. The van der Waals surface area contributed by atoms with E-state index in [2.05, 4.69) is 4.72 Å². The zero-order valence-electron chi connectivity index (χ0n) is 18.0. The van der Waals surface area contributed by atoms with Gasteiger partial charge in [0.2, 0.25) is 0 Å². The van der Waals surface area contributed by atoms with Crippen LogP contribution in [0.3, 0.4) is 0 Å². The molecule has 0 saturated heterocycles. The lowest BCUT2D eigenvalue weighted by Crippen LogP contribution is -2.35. The molecule has 9 nitrogen and oxygen atoms in total. The number of ether oxygens (including phenoxy) is 1. The van der Waals surface area contributed by atoms with Gasteiger partial charge in [0.25, 0.3) is 15.9 Å². The highest BCUT2D eigenvalue weighted by Crippen LogP contribution is 2.22. The number of benzene rings is 3. The second-order valence-corrected chi connectivity index (χ2v) is 8.77. The van der Waals surface area contributed by atoms with E-state index >= 15 is 0 Å². The Kier molecular flexibility index (Phi) is 7.84. The molecule has 0 aromatic heterocycles. The molecular weight excluding hydrogens is 456 g/mol. The Bertz CT molecular complexity index is 1320. The van der Waals surface area contributed by atoms with E-state index in [0.717, 1.165) is 0 Å². The Labute approximate surface area is 197 Å². The summed E-state index contributed by atoms with van der Waals surface area (Å²) in [7, 11) is -4.03. The van der Waals surface area contributed by atoms with Crippen molar-refractivity contribution in [3.8, 4) is 6.07 Å². The van der Waals surface area contributed by atoms with E-state index in [1.807, 2.05) is 6.07 Å². The molecule has 3 aromatic rings. The Morgan fingerprint density at radius 1 is 1.00 bits per heavy atom. The number of nitrogens with zero attached hydrogens (tertiary/aromatic N) is 2. The van der Waals surface area contributed by atoms with Crippen LogP contribution in [-0.4, -0.2) is 33.4 Å². The molecule has 0 aliphatic heterocycles. The number of nitrogen functional groups attached to an aromatic ring is 1. The highest BCUT2D eigenvalue weighted by molar-refractivity contribution is 7.92. The zero-order chi connectivity index (χ0) is 24.6. The lowest BCUT2D eigenvalue weighted by atomic mass is 10.2. The third-order valence-corrected chi connectivity index (χ3v) is 6.07.